The molecular weight excluding hydrogens is 248 g/mol. The molecule has 0 radical (unpaired) electrons. The van der Waals surface area contributed by atoms with Crippen molar-refractivity contribution in [2.24, 2.45) is 5.92 Å². The third-order valence-electron chi connectivity index (χ3n) is 4.98. The van der Waals surface area contributed by atoms with Crippen LogP contribution in [0.15, 0.2) is 0 Å². The van der Waals surface area contributed by atoms with Crippen molar-refractivity contribution >= 4 is 0 Å². The highest BCUT2D eigenvalue weighted by atomic mass is 16.3. The molecule has 0 amide bonds. The maximum atomic E-state index is 10.8. The zero-order chi connectivity index (χ0) is 14.8. The maximum Gasteiger partial charge on any atom is 0.0798 e. The van der Waals surface area contributed by atoms with E-state index in [0.29, 0.717) is 5.92 Å². The van der Waals surface area contributed by atoms with Gasteiger partial charge in [0.15, 0.2) is 0 Å². The summed E-state index contributed by atoms with van der Waals surface area (Å²) in [6.45, 7) is 11.7. The molecule has 2 saturated heterocycles. The van der Waals surface area contributed by atoms with E-state index in [1.165, 1.54) is 0 Å². The number of hydrogen-bond acceptors (Lipinski definition) is 3. The fourth-order valence-electron chi connectivity index (χ4n) is 3.43. The van der Waals surface area contributed by atoms with Gasteiger partial charge in [0.25, 0.3) is 0 Å². The standard InChI is InChI=1S/C17H30N2O/c1-5-15-6-10-18(11-7-15)14-17(20)8-12-19(13-9-17)16(2,3)4/h1,15,20H,6-14H2,2-4H3. The lowest BCUT2D eigenvalue weighted by atomic mass is 9.87. The number of terminal acetylenes is 1. The van der Waals surface area contributed by atoms with Gasteiger partial charge < -0.3 is 10.0 Å². The number of rotatable bonds is 2. The average Bonchev–Trinajstić information content (AvgIpc) is 2.38. The lowest BCUT2D eigenvalue weighted by molar-refractivity contribution is -0.0640. The van der Waals surface area contributed by atoms with Gasteiger partial charge in [0.05, 0.1) is 5.60 Å². The summed E-state index contributed by atoms with van der Waals surface area (Å²) in [5.74, 6) is 3.31. The van der Waals surface area contributed by atoms with Crippen LogP contribution in [0.4, 0.5) is 0 Å². The van der Waals surface area contributed by atoms with E-state index < -0.39 is 5.60 Å². The van der Waals surface area contributed by atoms with Gasteiger partial charge in [-0.1, -0.05) is 0 Å². The summed E-state index contributed by atoms with van der Waals surface area (Å²) >= 11 is 0. The van der Waals surface area contributed by atoms with Crippen molar-refractivity contribution in [3.8, 4) is 12.3 Å². The lowest BCUT2D eigenvalue weighted by Gasteiger charge is -2.46. The van der Waals surface area contributed by atoms with E-state index in [9.17, 15) is 5.11 Å². The monoisotopic (exact) mass is 278 g/mol. The Morgan fingerprint density at radius 3 is 2.15 bits per heavy atom. The van der Waals surface area contributed by atoms with Crippen LogP contribution in [0.25, 0.3) is 0 Å². The maximum absolute atomic E-state index is 10.8. The first-order valence-electron chi connectivity index (χ1n) is 7.98. The zero-order valence-corrected chi connectivity index (χ0v) is 13.4. The van der Waals surface area contributed by atoms with E-state index in [-0.39, 0.29) is 5.54 Å². The number of hydrogen-bond donors (Lipinski definition) is 1. The summed E-state index contributed by atoms with van der Waals surface area (Å²) in [7, 11) is 0. The third-order valence-corrected chi connectivity index (χ3v) is 4.98. The van der Waals surface area contributed by atoms with Gasteiger partial charge in [0, 0.05) is 31.1 Å². The molecule has 0 bridgehead atoms. The molecule has 2 heterocycles. The Hall–Kier alpha value is -0.560. The van der Waals surface area contributed by atoms with Crippen molar-refractivity contribution in [1.29, 1.82) is 0 Å². The number of β-amino-alcohol motifs (C(OH)–C–C–N with tert-alkyl or cyclic N) is 1. The predicted molar refractivity (Wildman–Crippen MR) is 83.5 cm³/mol. The highest BCUT2D eigenvalue weighted by Crippen LogP contribution is 2.29. The van der Waals surface area contributed by atoms with Crippen molar-refractivity contribution < 1.29 is 5.11 Å². The van der Waals surface area contributed by atoms with Crippen LogP contribution in [0.2, 0.25) is 0 Å². The molecule has 0 aromatic carbocycles. The summed E-state index contributed by atoms with van der Waals surface area (Å²) < 4.78 is 0. The van der Waals surface area contributed by atoms with Gasteiger partial charge in [-0.2, -0.15) is 0 Å². The van der Waals surface area contributed by atoms with Crippen LogP contribution in [-0.2, 0) is 0 Å². The molecule has 0 spiro atoms. The topological polar surface area (TPSA) is 26.7 Å². The largest absolute Gasteiger partial charge is 0.388 e. The summed E-state index contributed by atoms with van der Waals surface area (Å²) in [6, 6.07) is 0. The Bertz CT molecular complexity index is 350. The zero-order valence-electron chi connectivity index (χ0n) is 13.4. The molecule has 0 saturated carbocycles. The van der Waals surface area contributed by atoms with Gasteiger partial charge in [-0.3, -0.25) is 4.90 Å². The molecule has 114 valence electrons. The molecule has 0 aliphatic carbocycles. The molecule has 0 unspecified atom stereocenters. The minimum absolute atomic E-state index is 0.215. The molecule has 20 heavy (non-hydrogen) atoms. The Kier molecular flexibility index (Phi) is 4.79. The number of aliphatic hydroxyl groups is 1. The second-order valence-corrected chi connectivity index (χ2v) is 7.60. The van der Waals surface area contributed by atoms with Crippen molar-refractivity contribution in [2.45, 2.75) is 57.6 Å². The van der Waals surface area contributed by atoms with Crippen LogP contribution in [0.1, 0.15) is 46.5 Å². The van der Waals surface area contributed by atoms with E-state index in [2.05, 4.69) is 36.5 Å². The van der Waals surface area contributed by atoms with Crippen molar-refractivity contribution in [1.82, 2.24) is 9.80 Å². The molecule has 0 atom stereocenters. The Morgan fingerprint density at radius 1 is 1.15 bits per heavy atom. The molecular formula is C17H30N2O. The van der Waals surface area contributed by atoms with Gasteiger partial charge in [-0.05, 0) is 59.5 Å². The Balaban J connectivity index is 1.81. The molecule has 2 rings (SSSR count). The van der Waals surface area contributed by atoms with E-state index in [1.54, 1.807) is 0 Å². The molecule has 0 aromatic rings. The van der Waals surface area contributed by atoms with Crippen LogP contribution in [-0.4, -0.2) is 58.8 Å². The van der Waals surface area contributed by atoms with Crippen LogP contribution in [0.3, 0.4) is 0 Å². The second kappa shape index (κ2) is 6.05. The van der Waals surface area contributed by atoms with Crippen LogP contribution >= 0.6 is 0 Å². The SMILES string of the molecule is C#CC1CCN(CC2(O)CCN(C(C)(C)C)CC2)CC1. The van der Waals surface area contributed by atoms with Crippen LogP contribution < -0.4 is 0 Å². The van der Waals surface area contributed by atoms with Gasteiger partial charge in [-0.25, -0.2) is 0 Å². The highest BCUT2D eigenvalue weighted by Gasteiger charge is 2.37. The van der Waals surface area contributed by atoms with E-state index in [4.69, 9.17) is 6.42 Å². The van der Waals surface area contributed by atoms with Gasteiger partial charge in [-0.15, -0.1) is 12.3 Å². The summed E-state index contributed by atoms with van der Waals surface area (Å²) in [6.07, 6.45) is 9.44. The van der Waals surface area contributed by atoms with E-state index in [0.717, 1.165) is 58.4 Å². The number of likely N-dealkylation sites (tertiary alicyclic amines) is 2. The second-order valence-electron chi connectivity index (χ2n) is 7.60. The van der Waals surface area contributed by atoms with Crippen molar-refractivity contribution in [2.75, 3.05) is 32.7 Å². The van der Waals surface area contributed by atoms with Gasteiger partial charge in [0.2, 0.25) is 0 Å². The third kappa shape index (κ3) is 3.97. The molecule has 3 heteroatoms. The lowest BCUT2D eigenvalue weighted by Crippen LogP contribution is -2.55. The quantitative estimate of drug-likeness (QED) is 0.782. The van der Waals surface area contributed by atoms with Crippen LogP contribution in [0.5, 0.6) is 0 Å². The number of nitrogens with zero attached hydrogens (tertiary/aromatic N) is 2. The Morgan fingerprint density at radius 2 is 1.70 bits per heavy atom. The minimum Gasteiger partial charge on any atom is -0.388 e. The summed E-state index contributed by atoms with van der Waals surface area (Å²) in [4.78, 5) is 4.88. The predicted octanol–water partition coefficient (Wildman–Crippen LogP) is 1.96. The normalized spacial score (nSPS) is 26.4. The first-order valence-corrected chi connectivity index (χ1v) is 7.98. The fourth-order valence-corrected chi connectivity index (χ4v) is 3.43. The first-order chi connectivity index (χ1) is 9.32. The van der Waals surface area contributed by atoms with Gasteiger partial charge >= 0.3 is 0 Å². The van der Waals surface area contributed by atoms with E-state index in [1.807, 2.05) is 0 Å². The first kappa shape index (κ1) is 15.8. The van der Waals surface area contributed by atoms with E-state index >= 15 is 0 Å². The molecule has 1 N–H and O–H groups in total. The van der Waals surface area contributed by atoms with Crippen LogP contribution in [0, 0.1) is 18.3 Å². The van der Waals surface area contributed by atoms with Crippen molar-refractivity contribution in [3.63, 3.8) is 0 Å². The summed E-state index contributed by atoms with van der Waals surface area (Å²) in [5, 5.41) is 10.8. The average molecular weight is 278 g/mol. The fraction of sp³-hybridized carbons (Fsp3) is 0.882. The molecule has 2 aliphatic heterocycles. The van der Waals surface area contributed by atoms with Gasteiger partial charge in [0.1, 0.15) is 0 Å². The minimum atomic E-state index is -0.495. The molecule has 0 aromatic heterocycles. The molecule has 3 nitrogen and oxygen atoms in total. The smallest absolute Gasteiger partial charge is 0.0798 e. The number of piperidine rings is 2. The summed E-state index contributed by atoms with van der Waals surface area (Å²) in [5.41, 5.74) is -0.281. The Labute approximate surface area is 124 Å². The molecule has 2 fully saturated rings. The van der Waals surface area contributed by atoms with Crippen molar-refractivity contribution in [3.05, 3.63) is 0 Å². The molecule has 2 aliphatic rings. The highest BCUT2D eigenvalue weighted by molar-refractivity contribution is 4.97.